The maximum Gasteiger partial charge on any atom is 0.110 e. The van der Waals surface area contributed by atoms with E-state index in [2.05, 4.69) is 5.10 Å². The number of hydrazone groups is 1. The van der Waals surface area contributed by atoms with Crippen LogP contribution >= 0.6 is 0 Å². The molecule has 0 aromatic heterocycles. The van der Waals surface area contributed by atoms with Gasteiger partial charge in [0.1, 0.15) is 6.34 Å². The lowest BCUT2D eigenvalue weighted by molar-refractivity contribution is 0.429. The summed E-state index contributed by atoms with van der Waals surface area (Å²) in [5.41, 5.74) is 0. The highest BCUT2D eigenvalue weighted by molar-refractivity contribution is 5.53. The third kappa shape index (κ3) is 5.27. The molecule has 0 aromatic rings. The molecule has 3 nitrogen and oxygen atoms in total. The average molecular weight is 115 g/mol. The van der Waals surface area contributed by atoms with Gasteiger partial charge in [-0.1, -0.05) is 0 Å². The molecular formula is C5H13N3. The lowest BCUT2D eigenvalue weighted by Gasteiger charge is -2.06. The largest absolute Gasteiger partial charge is 0.367 e. The van der Waals surface area contributed by atoms with Crippen LogP contribution in [0, 0.1) is 0 Å². The third-order valence-electron chi connectivity index (χ3n) is 0.514. The average Bonchev–Trinajstić information content (AvgIpc) is 1.61. The smallest absolute Gasteiger partial charge is 0.110 e. The molecule has 0 aliphatic carbocycles. The fourth-order valence-corrected chi connectivity index (χ4v) is 0.207. The van der Waals surface area contributed by atoms with Gasteiger partial charge in [-0.2, -0.15) is 5.10 Å². The molecule has 0 spiro atoms. The van der Waals surface area contributed by atoms with Gasteiger partial charge in [-0.05, 0) is 0 Å². The van der Waals surface area contributed by atoms with Crippen LogP contribution < -0.4 is 0 Å². The predicted octanol–water partition coefficient (Wildman–Crippen LogP) is 0.0529. The summed E-state index contributed by atoms with van der Waals surface area (Å²) in [7, 11) is 7.65. The van der Waals surface area contributed by atoms with Gasteiger partial charge in [-0.15, -0.1) is 0 Å². The first kappa shape index (κ1) is 7.27. The van der Waals surface area contributed by atoms with Gasteiger partial charge < -0.3 is 9.91 Å². The van der Waals surface area contributed by atoms with Gasteiger partial charge in [0.15, 0.2) is 0 Å². The van der Waals surface area contributed by atoms with E-state index < -0.39 is 0 Å². The van der Waals surface area contributed by atoms with Crippen molar-refractivity contribution in [3.8, 4) is 0 Å². The van der Waals surface area contributed by atoms with Gasteiger partial charge in [-0.25, -0.2) is 0 Å². The Kier molecular flexibility index (Phi) is 2.99. The molecule has 0 fully saturated rings. The Morgan fingerprint density at radius 2 is 1.62 bits per heavy atom. The van der Waals surface area contributed by atoms with E-state index in [4.69, 9.17) is 0 Å². The molecule has 48 valence electrons. The predicted molar refractivity (Wildman–Crippen MR) is 35.9 cm³/mol. The van der Waals surface area contributed by atoms with Crippen molar-refractivity contribution in [2.45, 2.75) is 0 Å². The zero-order chi connectivity index (χ0) is 6.57. The molecule has 0 radical (unpaired) electrons. The summed E-state index contributed by atoms with van der Waals surface area (Å²) in [6, 6.07) is 0. The van der Waals surface area contributed by atoms with Crippen LogP contribution in [0.2, 0.25) is 0 Å². The zero-order valence-electron chi connectivity index (χ0n) is 5.92. The molecule has 0 rings (SSSR count). The summed E-state index contributed by atoms with van der Waals surface area (Å²) in [5.74, 6) is 0. The first-order valence-electron chi connectivity index (χ1n) is 2.51. The van der Waals surface area contributed by atoms with Crippen molar-refractivity contribution in [1.82, 2.24) is 9.91 Å². The topological polar surface area (TPSA) is 18.8 Å². The van der Waals surface area contributed by atoms with Crippen LogP contribution in [-0.2, 0) is 0 Å². The second-order valence-electron chi connectivity index (χ2n) is 2.04. The summed E-state index contributed by atoms with van der Waals surface area (Å²) in [5, 5.41) is 5.71. The maximum absolute atomic E-state index is 3.96. The molecule has 0 atom stereocenters. The van der Waals surface area contributed by atoms with E-state index in [1.165, 1.54) is 0 Å². The summed E-state index contributed by atoms with van der Waals surface area (Å²) in [6.45, 7) is 0. The van der Waals surface area contributed by atoms with Crippen molar-refractivity contribution < 1.29 is 0 Å². The minimum atomic E-state index is 1.75. The molecule has 8 heavy (non-hydrogen) atoms. The van der Waals surface area contributed by atoms with Gasteiger partial charge in [0.2, 0.25) is 0 Å². The Morgan fingerprint density at radius 1 is 1.12 bits per heavy atom. The first-order valence-corrected chi connectivity index (χ1v) is 2.51. The van der Waals surface area contributed by atoms with Crippen molar-refractivity contribution in [1.29, 1.82) is 0 Å². The Balaban J connectivity index is 3.34. The Hall–Kier alpha value is -0.730. The molecule has 3 heteroatoms. The fraction of sp³-hybridized carbons (Fsp3) is 0.800. The fourth-order valence-electron chi connectivity index (χ4n) is 0.207. The van der Waals surface area contributed by atoms with Crippen molar-refractivity contribution >= 4 is 6.34 Å². The van der Waals surface area contributed by atoms with Crippen LogP contribution in [0.3, 0.4) is 0 Å². The summed E-state index contributed by atoms with van der Waals surface area (Å²) in [6.07, 6.45) is 1.75. The van der Waals surface area contributed by atoms with Crippen LogP contribution in [0.25, 0.3) is 0 Å². The zero-order valence-corrected chi connectivity index (χ0v) is 5.92. The van der Waals surface area contributed by atoms with Crippen LogP contribution in [-0.4, -0.2) is 44.4 Å². The van der Waals surface area contributed by atoms with Crippen molar-refractivity contribution in [2.24, 2.45) is 5.10 Å². The van der Waals surface area contributed by atoms with E-state index >= 15 is 0 Å². The molecule has 0 amide bonds. The number of hydrogen-bond acceptors (Lipinski definition) is 2. The second-order valence-corrected chi connectivity index (χ2v) is 2.04. The Labute approximate surface area is 50.6 Å². The van der Waals surface area contributed by atoms with Crippen LogP contribution in [0.5, 0.6) is 0 Å². The molecule has 0 aromatic carbocycles. The van der Waals surface area contributed by atoms with E-state index in [1.54, 1.807) is 11.3 Å². The van der Waals surface area contributed by atoms with E-state index in [-0.39, 0.29) is 0 Å². The summed E-state index contributed by atoms with van der Waals surface area (Å²) >= 11 is 0. The second kappa shape index (κ2) is 3.29. The highest BCUT2D eigenvalue weighted by Gasteiger charge is 1.76. The highest BCUT2D eigenvalue weighted by atomic mass is 15.4. The molecule has 0 heterocycles. The third-order valence-corrected chi connectivity index (χ3v) is 0.514. The summed E-state index contributed by atoms with van der Waals surface area (Å²) < 4.78 is 0. The van der Waals surface area contributed by atoms with Gasteiger partial charge >= 0.3 is 0 Å². The quantitative estimate of drug-likeness (QED) is 0.288. The lowest BCUT2D eigenvalue weighted by atomic mass is 10.9. The number of rotatable bonds is 2. The molecule has 0 saturated carbocycles. The molecule has 0 aliphatic rings. The van der Waals surface area contributed by atoms with E-state index in [1.807, 2.05) is 33.1 Å². The van der Waals surface area contributed by atoms with E-state index in [0.29, 0.717) is 0 Å². The monoisotopic (exact) mass is 115 g/mol. The maximum atomic E-state index is 3.96. The van der Waals surface area contributed by atoms with Crippen LogP contribution in [0.1, 0.15) is 0 Å². The van der Waals surface area contributed by atoms with Crippen molar-refractivity contribution in [3.05, 3.63) is 0 Å². The minimum absolute atomic E-state index is 1.75. The SMILES string of the molecule is CN(C)C=NN(C)C. The molecule has 0 bridgehead atoms. The lowest BCUT2D eigenvalue weighted by Crippen LogP contribution is -2.12. The molecule has 0 saturated heterocycles. The molecular weight excluding hydrogens is 102 g/mol. The van der Waals surface area contributed by atoms with E-state index in [0.717, 1.165) is 0 Å². The van der Waals surface area contributed by atoms with Gasteiger partial charge in [-0.3, -0.25) is 0 Å². The first-order chi connectivity index (χ1) is 3.63. The van der Waals surface area contributed by atoms with Crippen LogP contribution in [0.15, 0.2) is 5.10 Å². The van der Waals surface area contributed by atoms with Crippen molar-refractivity contribution in [2.75, 3.05) is 28.2 Å². The Morgan fingerprint density at radius 3 is 1.75 bits per heavy atom. The standard InChI is InChI=1S/C5H13N3/c1-7(2)5-6-8(3)4/h5H,1-4H3. The minimum Gasteiger partial charge on any atom is -0.367 e. The number of hydrogen-bond donors (Lipinski definition) is 0. The highest BCUT2D eigenvalue weighted by Crippen LogP contribution is 1.72. The number of nitrogens with zero attached hydrogens (tertiary/aromatic N) is 3. The van der Waals surface area contributed by atoms with Crippen LogP contribution in [0.4, 0.5) is 0 Å². The van der Waals surface area contributed by atoms with Gasteiger partial charge in [0.05, 0.1) is 0 Å². The van der Waals surface area contributed by atoms with Crippen molar-refractivity contribution in [3.63, 3.8) is 0 Å². The summed E-state index contributed by atoms with van der Waals surface area (Å²) in [4.78, 5) is 1.89. The molecule has 0 aliphatic heterocycles. The normalized spacial score (nSPS) is 10.0. The van der Waals surface area contributed by atoms with Gasteiger partial charge in [0, 0.05) is 28.2 Å². The van der Waals surface area contributed by atoms with Gasteiger partial charge in [0.25, 0.3) is 0 Å². The Bertz CT molecular complexity index is 65.7. The van der Waals surface area contributed by atoms with E-state index in [9.17, 15) is 0 Å². The molecule has 0 unspecified atom stereocenters. The molecule has 0 N–H and O–H groups in total.